The van der Waals surface area contributed by atoms with E-state index in [1.165, 1.54) is 10.4 Å². The van der Waals surface area contributed by atoms with Crippen molar-refractivity contribution >= 4 is 32.8 Å². The van der Waals surface area contributed by atoms with Crippen LogP contribution in [0.4, 0.5) is 5.69 Å². The van der Waals surface area contributed by atoms with Gasteiger partial charge in [0.2, 0.25) is 10.0 Å². The van der Waals surface area contributed by atoms with Gasteiger partial charge in [-0.15, -0.1) is 0 Å². The quantitative estimate of drug-likeness (QED) is 0.587. The number of carbonyl (C=O) groups excluding carboxylic acids is 1. The van der Waals surface area contributed by atoms with Crippen molar-refractivity contribution in [3.05, 3.63) is 46.9 Å². The molecule has 33 heavy (non-hydrogen) atoms. The number of pyridine rings is 1. The van der Waals surface area contributed by atoms with Crippen LogP contribution in [0.3, 0.4) is 0 Å². The Morgan fingerprint density at radius 1 is 1.09 bits per heavy atom. The summed E-state index contributed by atoms with van der Waals surface area (Å²) in [4.78, 5) is 23.0. The summed E-state index contributed by atoms with van der Waals surface area (Å²) < 4.78 is 29.7. The van der Waals surface area contributed by atoms with Gasteiger partial charge < -0.3 is 9.88 Å². The highest BCUT2D eigenvalue weighted by Gasteiger charge is 2.25. The second-order valence-corrected chi connectivity index (χ2v) is 10.4. The van der Waals surface area contributed by atoms with Crippen LogP contribution in [0.2, 0.25) is 0 Å². The maximum absolute atomic E-state index is 13.3. The van der Waals surface area contributed by atoms with Crippen LogP contribution in [0.5, 0.6) is 0 Å². The van der Waals surface area contributed by atoms with Gasteiger partial charge in [-0.1, -0.05) is 26.3 Å². The van der Waals surface area contributed by atoms with E-state index in [9.17, 15) is 13.2 Å². The minimum atomic E-state index is -3.65. The molecule has 4 rings (SSSR count). The van der Waals surface area contributed by atoms with Crippen LogP contribution in [-0.4, -0.2) is 46.3 Å². The van der Waals surface area contributed by atoms with Crippen molar-refractivity contribution in [1.82, 2.24) is 18.8 Å². The number of benzene rings is 1. The lowest BCUT2D eigenvalue weighted by Crippen LogP contribution is -2.31. The number of nitrogens with zero attached hydrogens (tertiary/aromatic N) is 4. The van der Waals surface area contributed by atoms with Crippen LogP contribution in [-0.2, 0) is 23.0 Å². The first kappa shape index (κ1) is 23.4. The number of sulfonamides is 1. The lowest BCUT2D eigenvalue weighted by atomic mass is 10.1. The third-order valence-corrected chi connectivity index (χ3v) is 8.40. The summed E-state index contributed by atoms with van der Waals surface area (Å²) in [5, 5.41) is 2.89. The molecule has 1 aliphatic heterocycles. The average Bonchev–Trinajstić information content (AvgIpc) is 2.95. The molecule has 3 heterocycles. The Balaban J connectivity index is 1.71. The van der Waals surface area contributed by atoms with Crippen LogP contribution in [0.15, 0.2) is 29.2 Å². The number of amides is 1. The molecule has 9 heteroatoms. The maximum atomic E-state index is 13.3. The molecule has 1 N–H and O–H groups in total. The van der Waals surface area contributed by atoms with Gasteiger partial charge >= 0.3 is 0 Å². The van der Waals surface area contributed by atoms with Crippen LogP contribution in [0.1, 0.15) is 60.5 Å². The monoisotopic (exact) mass is 469 g/mol. The molecular weight excluding hydrogens is 438 g/mol. The highest BCUT2D eigenvalue weighted by Crippen LogP contribution is 2.27. The highest BCUT2D eigenvalue weighted by atomic mass is 32.2. The number of imidazole rings is 1. The predicted molar refractivity (Wildman–Crippen MR) is 129 cm³/mol. The molecule has 0 saturated heterocycles. The predicted octanol–water partition coefficient (Wildman–Crippen LogP) is 4.06. The summed E-state index contributed by atoms with van der Waals surface area (Å²) in [5.41, 5.74) is 3.60. The lowest BCUT2D eigenvalue weighted by Gasteiger charge is -2.20. The second kappa shape index (κ2) is 9.23. The molecule has 1 aliphatic rings. The molecule has 1 aromatic carbocycles. The van der Waals surface area contributed by atoms with E-state index in [0.717, 1.165) is 49.4 Å². The van der Waals surface area contributed by atoms with Crippen molar-refractivity contribution in [2.75, 3.05) is 18.4 Å². The Morgan fingerprint density at radius 2 is 1.85 bits per heavy atom. The molecule has 0 atom stereocenters. The highest BCUT2D eigenvalue weighted by molar-refractivity contribution is 7.89. The topological polar surface area (TPSA) is 97.2 Å². The summed E-state index contributed by atoms with van der Waals surface area (Å²) in [7, 11) is -3.65. The van der Waals surface area contributed by atoms with E-state index < -0.39 is 10.0 Å². The number of aryl methyl sites for hydroxylation is 4. The zero-order chi connectivity index (χ0) is 23.8. The van der Waals surface area contributed by atoms with Crippen LogP contribution < -0.4 is 5.32 Å². The number of hydrogen-bond donors (Lipinski definition) is 1. The van der Waals surface area contributed by atoms with Gasteiger partial charge in [0.05, 0.1) is 10.5 Å². The van der Waals surface area contributed by atoms with Gasteiger partial charge in [0.15, 0.2) is 5.65 Å². The Morgan fingerprint density at radius 3 is 2.58 bits per heavy atom. The van der Waals surface area contributed by atoms with Crippen LogP contribution >= 0.6 is 0 Å². The zero-order valence-corrected chi connectivity index (χ0v) is 20.5. The SMILES string of the molecule is CCN(CC)S(=O)(=O)c1cc(NC(=O)c2cc(C)nc3c2nc2n3CCCCC2)ccc1C. The summed E-state index contributed by atoms with van der Waals surface area (Å²) in [6, 6.07) is 6.72. The number of carbonyl (C=O) groups is 1. The Bertz CT molecular complexity index is 1310. The minimum absolute atomic E-state index is 0.203. The Hall–Kier alpha value is -2.78. The fourth-order valence-electron chi connectivity index (χ4n) is 4.45. The van der Waals surface area contributed by atoms with Crippen molar-refractivity contribution in [1.29, 1.82) is 0 Å². The van der Waals surface area contributed by atoms with E-state index in [1.54, 1.807) is 25.1 Å². The van der Waals surface area contributed by atoms with Crippen molar-refractivity contribution in [3.63, 3.8) is 0 Å². The van der Waals surface area contributed by atoms with Crippen LogP contribution in [0, 0.1) is 13.8 Å². The minimum Gasteiger partial charge on any atom is -0.322 e. The van der Waals surface area contributed by atoms with Crippen molar-refractivity contribution in [2.45, 2.75) is 64.8 Å². The maximum Gasteiger partial charge on any atom is 0.258 e. The van der Waals surface area contributed by atoms with Crippen molar-refractivity contribution in [2.24, 2.45) is 0 Å². The van der Waals surface area contributed by atoms with Gasteiger partial charge in [0.1, 0.15) is 11.3 Å². The molecule has 2 aromatic heterocycles. The van der Waals surface area contributed by atoms with E-state index in [0.29, 0.717) is 35.4 Å². The van der Waals surface area contributed by atoms with Gasteiger partial charge in [-0.3, -0.25) is 4.79 Å². The summed E-state index contributed by atoms with van der Waals surface area (Å²) in [6.45, 7) is 8.87. The zero-order valence-electron chi connectivity index (χ0n) is 19.7. The van der Waals surface area contributed by atoms with Gasteiger partial charge in [0.25, 0.3) is 5.91 Å². The third-order valence-electron chi connectivity index (χ3n) is 6.21. The molecule has 0 radical (unpaired) electrons. The first-order chi connectivity index (χ1) is 15.8. The number of anilines is 1. The molecule has 0 unspecified atom stereocenters. The Kier molecular flexibility index (Phi) is 6.54. The molecule has 0 fully saturated rings. The lowest BCUT2D eigenvalue weighted by molar-refractivity contribution is 0.102. The van der Waals surface area contributed by atoms with Gasteiger partial charge in [-0.05, 0) is 50.5 Å². The van der Waals surface area contributed by atoms with Crippen LogP contribution in [0.25, 0.3) is 11.2 Å². The number of hydrogen-bond acceptors (Lipinski definition) is 5. The molecule has 0 aliphatic carbocycles. The van der Waals surface area contributed by atoms with E-state index >= 15 is 0 Å². The summed E-state index contributed by atoms with van der Waals surface area (Å²) in [5.74, 6) is 0.645. The van der Waals surface area contributed by atoms with Crippen molar-refractivity contribution < 1.29 is 13.2 Å². The largest absolute Gasteiger partial charge is 0.322 e. The average molecular weight is 470 g/mol. The molecule has 0 spiro atoms. The summed E-state index contributed by atoms with van der Waals surface area (Å²) in [6.07, 6.45) is 4.19. The molecule has 3 aromatic rings. The van der Waals surface area contributed by atoms with Gasteiger partial charge in [-0.2, -0.15) is 4.31 Å². The smallest absolute Gasteiger partial charge is 0.258 e. The van der Waals surface area contributed by atoms with E-state index in [-0.39, 0.29) is 10.8 Å². The standard InChI is InChI=1S/C24H31N5O3S/c1-5-28(6-2)33(31,32)20-15-18(12-11-16(20)3)26-24(30)19-14-17(4)25-23-22(19)27-21-10-8-7-9-13-29(21)23/h11-12,14-15H,5-10,13H2,1-4H3,(H,26,30). The second-order valence-electron chi connectivity index (χ2n) is 8.50. The Labute approximate surface area is 195 Å². The van der Waals surface area contributed by atoms with E-state index in [2.05, 4.69) is 14.9 Å². The molecule has 8 nitrogen and oxygen atoms in total. The summed E-state index contributed by atoms with van der Waals surface area (Å²) >= 11 is 0. The normalized spacial score (nSPS) is 14.3. The molecule has 0 bridgehead atoms. The number of rotatable bonds is 6. The molecule has 176 valence electrons. The van der Waals surface area contributed by atoms with Crippen molar-refractivity contribution in [3.8, 4) is 0 Å². The number of fused-ring (bicyclic) bond motifs is 3. The molecule has 0 saturated carbocycles. The fourth-order valence-corrected chi connectivity index (χ4v) is 6.15. The molecule has 1 amide bonds. The first-order valence-corrected chi connectivity index (χ1v) is 13.0. The van der Waals surface area contributed by atoms with E-state index in [1.807, 2.05) is 20.8 Å². The molecular formula is C24H31N5O3S. The van der Waals surface area contributed by atoms with Gasteiger partial charge in [0, 0.05) is 37.4 Å². The van der Waals surface area contributed by atoms with Gasteiger partial charge in [-0.25, -0.2) is 18.4 Å². The first-order valence-electron chi connectivity index (χ1n) is 11.5. The number of nitrogens with one attached hydrogen (secondary N) is 1. The fraction of sp³-hybridized carbons (Fsp3) is 0.458. The third kappa shape index (κ3) is 4.39. The van der Waals surface area contributed by atoms with E-state index in [4.69, 9.17) is 4.98 Å². The number of aromatic nitrogens is 3.